The highest BCUT2D eigenvalue weighted by Crippen LogP contribution is 2.22. The zero-order valence-corrected chi connectivity index (χ0v) is 8.76. The van der Waals surface area contributed by atoms with Crippen LogP contribution < -0.4 is 5.32 Å². The fourth-order valence-electron chi connectivity index (χ4n) is 1.67. The second kappa shape index (κ2) is 5.07. The summed E-state index contributed by atoms with van der Waals surface area (Å²) >= 11 is 0. The van der Waals surface area contributed by atoms with E-state index in [0.717, 1.165) is 25.1 Å². The first-order valence-electron chi connectivity index (χ1n) is 5.13. The molecule has 0 fully saturated rings. The summed E-state index contributed by atoms with van der Waals surface area (Å²) in [7, 11) is 0. The van der Waals surface area contributed by atoms with Crippen LogP contribution in [-0.4, -0.2) is 6.54 Å². The molecule has 74 valence electrons. The lowest BCUT2D eigenvalue weighted by molar-refractivity contribution is 0.483. The van der Waals surface area contributed by atoms with E-state index in [1.54, 1.807) is 6.26 Å². The summed E-state index contributed by atoms with van der Waals surface area (Å²) in [6, 6.07) is 2.54. The Kier molecular flexibility index (Phi) is 4.03. The van der Waals surface area contributed by atoms with Gasteiger partial charge in [0.05, 0.1) is 6.26 Å². The minimum Gasteiger partial charge on any atom is -0.469 e. The Morgan fingerprint density at radius 2 is 2.15 bits per heavy atom. The number of hydrogen-bond acceptors (Lipinski definition) is 2. The topological polar surface area (TPSA) is 25.2 Å². The Morgan fingerprint density at radius 3 is 2.69 bits per heavy atom. The molecule has 0 aliphatic rings. The van der Waals surface area contributed by atoms with Gasteiger partial charge in [-0.05, 0) is 19.0 Å². The predicted octanol–water partition coefficient (Wildman–Crippen LogP) is 2.90. The molecule has 0 saturated heterocycles. The Bertz CT molecular complexity index is 242. The average Bonchev–Trinajstić information content (AvgIpc) is 2.61. The van der Waals surface area contributed by atoms with Crippen LogP contribution in [0.2, 0.25) is 0 Å². The Labute approximate surface area is 80.3 Å². The van der Waals surface area contributed by atoms with E-state index in [1.165, 1.54) is 5.56 Å². The first-order chi connectivity index (χ1) is 6.33. The first kappa shape index (κ1) is 10.3. The second-order valence-electron chi connectivity index (χ2n) is 3.17. The molecule has 0 spiro atoms. The molecule has 0 radical (unpaired) electrons. The Balaban J connectivity index is 2.77. The molecule has 0 bridgehead atoms. The van der Waals surface area contributed by atoms with Gasteiger partial charge in [0.25, 0.3) is 0 Å². The van der Waals surface area contributed by atoms with Gasteiger partial charge in [0.2, 0.25) is 0 Å². The first-order valence-corrected chi connectivity index (χ1v) is 5.13. The van der Waals surface area contributed by atoms with Crippen LogP contribution in [0.25, 0.3) is 0 Å². The average molecular weight is 181 g/mol. The summed E-state index contributed by atoms with van der Waals surface area (Å²) < 4.78 is 5.40. The maximum atomic E-state index is 5.40. The van der Waals surface area contributed by atoms with E-state index >= 15 is 0 Å². The number of nitrogens with one attached hydrogen (secondary N) is 1. The van der Waals surface area contributed by atoms with Crippen molar-refractivity contribution in [3.05, 3.63) is 23.7 Å². The molecule has 1 unspecified atom stereocenters. The van der Waals surface area contributed by atoms with E-state index in [-0.39, 0.29) is 0 Å². The molecule has 1 aromatic heterocycles. The van der Waals surface area contributed by atoms with Crippen molar-refractivity contribution in [3.63, 3.8) is 0 Å². The van der Waals surface area contributed by atoms with E-state index in [2.05, 4.69) is 32.2 Å². The van der Waals surface area contributed by atoms with Gasteiger partial charge in [-0.15, -0.1) is 0 Å². The highest BCUT2D eigenvalue weighted by atomic mass is 16.3. The van der Waals surface area contributed by atoms with E-state index in [1.807, 2.05) is 0 Å². The van der Waals surface area contributed by atoms with Crippen molar-refractivity contribution in [2.24, 2.45) is 0 Å². The van der Waals surface area contributed by atoms with Gasteiger partial charge < -0.3 is 9.73 Å². The lowest BCUT2D eigenvalue weighted by atomic mass is 10.0. The van der Waals surface area contributed by atoms with Gasteiger partial charge in [-0.3, -0.25) is 0 Å². The summed E-state index contributed by atoms with van der Waals surface area (Å²) in [6.07, 6.45) is 3.87. The third-order valence-electron chi connectivity index (χ3n) is 2.34. The van der Waals surface area contributed by atoms with E-state index in [9.17, 15) is 0 Å². The van der Waals surface area contributed by atoms with Crippen molar-refractivity contribution < 1.29 is 4.42 Å². The fourth-order valence-corrected chi connectivity index (χ4v) is 1.67. The van der Waals surface area contributed by atoms with Gasteiger partial charge in [-0.2, -0.15) is 0 Å². The molecule has 1 aromatic rings. The largest absolute Gasteiger partial charge is 0.469 e. The van der Waals surface area contributed by atoms with Gasteiger partial charge >= 0.3 is 0 Å². The van der Waals surface area contributed by atoms with E-state index in [0.29, 0.717) is 6.04 Å². The molecule has 0 amide bonds. The molecular formula is C11H19NO. The third kappa shape index (κ3) is 2.34. The SMILES string of the molecule is CCNC(CC)c1ccoc1CC. The second-order valence-corrected chi connectivity index (χ2v) is 3.17. The van der Waals surface area contributed by atoms with E-state index in [4.69, 9.17) is 4.42 Å². The summed E-state index contributed by atoms with van der Waals surface area (Å²) in [5.74, 6) is 1.12. The van der Waals surface area contributed by atoms with E-state index < -0.39 is 0 Å². The summed E-state index contributed by atoms with van der Waals surface area (Å²) in [6.45, 7) is 7.46. The molecule has 0 aliphatic carbocycles. The lowest BCUT2D eigenvalue weighted by Crippen LogP contribution is -2.20. The molecule has 0 saturated carbocycles. The molecule has 0 aliphatic heterocycles. The number of furan rings is 1. The molecule has 13 heavy (non-hydrogen) atoms. The molecular weight excluding hydrogens is 162 g/mol. The van der Waals surface area contributed by atoms with Crippen LogP contribution in [0.4, 0.5) is 0 Å². The Hall–Kier alpha value is -0.760. The van der Waals surface area contributed by atoms with Crippen molar-refractivity contribution in [1.29, 1.82) is 0 Å². The van der Waals surface area contributed by atoms with Crippen LogP contribution in [0.5, 0.6) is 0 Å². The minimum absolute atomic E-state index is 0.457. The van der Waals surface area contributed by atoms with Gasteiger partial charge in [-0.1, -0.05) is 20.8 Å². The number of aryl methyl sites for hydroxylation is 1. The van der Waals surface area contributed by atoms with Crippen LogP contribution in [0.15, 0.2) is 16.7 Å². The van der Waals surface area contributed by atoms with Crippen LogP contribution in [0.1, 0.15) is 44.6 Å². The molecule has 1 rings (SSSR count). The van der Waals surface area contributed by atoms with Gasteiger partial charge in [0, 0.05) is 18.0 Å². The zero-order valence-electron chi connectivity index (χ0n) is 8.76. The zero-order chi connectivity index (χ0) is 9.68. The minimum atomic E-state index is 0.457. The van der Waals surface area contributed by atoms with Crippen molar-refractivity contribution in [2.75, 3.05) is 6.54 Å². The Morgan fingerprint density at radius 1 is 1.38 bits per heavy atom. The smallest absolute Gasteiger partial charge is 0.108 e. The monoisotopic (exact) mass is 181 g/mol. The van der Waals surface area contributed by atoms with Gasteiger partial charge in [0.15, 0.2) is 0 Å². The molecule has 2 heteroatoms. The predicted molar refractivity (Wildman–Crippen MR) is 54.8 cm³/mol. The molecule has 2 nitrogen and oxygen atoms in total. The highest BCUT2D eigenvalue weighted by molar-refractivity contribution is 5.21. The van der Waals surface area contributed by atoms with Gasteiger partial charge in [-0.25, -0.2) is 0 Å². The maximum Gasteiger partial charge on any atom is 0.108 e. The summed E-state index contributed by atoms with van der Waals surface area (Å²) in [4.78, 5) is 0. The number of rotatable bonds is 5. The van der Waals surface area contributed by atoms with Crippen LogP contribution in [-0.2, 0) is 6.42 Å². The normalized spacial score (nSPS) is 13.2. The molecule has 1 atom stereocenters. The lowest BCUT2D eigenvalue weighted by Gasteiger charge is -2.15. The van der Waals surface area contributed by atoms with Crippen LogP contribution in [0.3, 0.4) is 0 Å². The van der Waals surface area contributed by atoms with Crippen molar-refractivity contribution in [1.82, 2.24) is 5.32 Å². The highest BCUT2D eigenvalue weighted by Gasteiger charge is 2.13. The third-order valence-corrected chi connectivity index (χ3v) is 2.34. The van der Waals surface area contributed by atoms with Crippen LogP contribution >= 0.6 is 0 Å². The van der Waals surface area contributed by atoms with Gasteiger partial charge in [0.1, 0.15) is 5.76 Å². The fraction of sp³-hybridized carbons (Fsp3) is 0.636. The van der Waals surface area contributed by atoms with Crippen molar-refractivity contribution in [3.8, 4) is 0 Å². The molecule has 1 heterocycles. The molecule has 1 N–H and O–H groups in total. The van der Waals surface area contributed by atoms with Crippen molar-refractivity contribution in [2.45, 2.75) is 39.7 Å². The summed E-state index contributed by atoms with van der Waals surface area (Å²) in [5.41, 5.74) is 1.33. The quantitative estimate of drug-likeness (QED) is 0.755. The maximum absolute atomic E-state index is 5.40. The van der Waals surface area contributed by atoms with Crippen molar-refractivity contribution >= 4 is 0 Å². The standard InChI is InChI=1S/C11H19NO/c1-4-10(12-6-3)9-7-8-13-11(9)5-2/h7-8,10,12H,4-6H2,1-3H3. The van der Waals surface area contributed by atoms with Crippen LogP contribution in [0, 0.1) is 0 Å². The number of hydrogen-bond donors (Lipinski definition) is 1. The molecule has 0 aromatic carbocycles. The summed E-state index contributed by atoms with van der Waals surface area (Å²) in [5, 5.41) is 3.45.